The van der Waals surface area contributed by atoms with Gasteiger partial charge in [-0.1, -0.05) is 18.9 Å². The number of nitrogens with two attached hydrogens (primary N) is 1. The number of pyridine rings is 1. The molecule has 2 rings (SSSR count). The highest BCUT2D eigenvalue weighted by Crippen LogP contribution is 2.29. The standard InChI is InChI=1S/C15H22N4O2/c1-11(9-12-5-4-8-17-10-12)18-14(21)19-15(13(16)20)6-2-3-7-15/h4-5,8,10-11H,2-3,6-7,9H2,1H3,(H2,16,20)(H2,18,19,21). The molecule has 3 amide bonds. The topological polar surface area (TPSA) is 97.1 Å². The van der Waals surface area contributed by atoms with Gasteiger partial charge in [-0.15, -0.1) is 0 Å². The maximum Gasteiger partial charge on any atom is 0.315 e. The van der Waals surface area contributed by atoms with Crippen molar-refractivity contribution in [2.75, 3.05) is 0 Å². The fourth-order valence-corrected chi connectivity index (χ4v) is 2.81. The van der Waals surface area contributed by atoms with Crippen molar-refractivity contribution in [1.82, 2.24) is 15.6 Å². The van der Waals surface area contributed by atoms with E-state index in [9.17, 15) is 9.59 Å². The summed E-state index contributed by atoms with van der Waals surface area (Å²) < 4.78 is 0. The van der Waals surface area contributed by atoms with Crippen LogP contribution in [0.3, 0.4) is 0 Å². The van der Waals surface area contributed by atoms with Gasteiger partial charge < -0.3 is 16.4 Å². The summed E-state index contributed by atoms with van der Waals surface area (Å²) in [5.74, 6) is -0.449. The van der Waals surface area contributed by atoms with Crippen LogP contribution in [0, 0.1) is 0 Å². The minimum Gasteiger partial charge on any atom is -0.368 e. The molecule has 0 saturated heterocycles. The van der Waals surface area contributed by atoms with Crippen LogP contribution in [0.15, 0.2) is 24.5 Å². The predicted molar refractivity (Wildman–Crippen MR) is 79.5 cm³/mol. The van der Waals surface area contributed by atoms with Crippen molar-refractivity contribution in [2.24, 2.45) is 5.73 Å². The van der Waals surface area contributed by atoms with E-state index in [4.69, 9.17) is 5.73 Å². The van der Waals surface area contributed by atoms with Gasteiger partial charge in [-0.2, -0.15) is 0 Å². The fraction of sp³-hybridized carbons (Fsp3) is 0.533. The van der Waals surface area contributed by atoms with Gasteiger partial charge in [0.2, 0.25) is 5.91 Å². The highest BCUT2D eigenvalue weighted by atomic mass is 16.2. The Hall–Kier alpha value is -2.11. The molecular weight excluding hydrogens is 268 g/mol. The Labute approximate surface area is 124 Å². The SMILES string of the molecule is CC(Cc1cccnc1)NC(=O)NC1(C(N)=O)CCCC1. The number of hydrogen-bond acceptors (Lipinski definition) is 3. The highest BCUT2D eigenvalue weighted by molar-refractivity contribution is 5.90. The summed E-state index contributed by atoms with van der Waals surface area (Å²) in [5, 5.41) is 5.62. The minimum atomic E-state index is -0.877. The number of nitrogens with one attached hydrogen (secondary N) is 2. The second kappa shape index (κ2) is 6.56. The third kappa shape index (κ3) is 3.93. The summed E-state index contributed by atoms with van der Waals surface area (Å²) in [5.41, 5.74) is 5.62. The predicted octanol–water partition coefficient (Wildman–Crippen LogP) is 1.11. The number of hydrogen-bond donors (Lipinski definition) is 3. The van der Waals surface area contributed by atoms with Crippen LogP contribution in [-0.4, -0.2) is 28.5 Å². The summed E-state index contributed by atoms with van der Waals surface area (Å²) in [6.45, 7) is 1.91. The number of carbonyl (C=O) groups excluding carboxylic acids is 2. The van der Waals surface area contributed by atoms with Crippen molar-refractivity contribution >= 4 is 11.9 Å². The summed E-state index contributed by atoms with van der Waals surface area (Å²) in [4.78, 5) is 27.7. The molecular formula is C15H22N4O2. The second-order valence-corrected chi connectivity index (χ2v) is 5.72. The average Bonchev–Trinajstić information content (AvgIpc) is 2.89. The first-order valence-electron chi connectivity index (χ1n) is 7.29. The van der Waals surface area contributed by atoms with Crippen LogP contribution in [0.1, 0.15) is 38.2 Å². The Morgan fingerprint density at radius 1 is 1.43 bits per heavy atom. The second-order valence-electron chi connectivity index (χ2n) is 5.72. The van der Waals surface area contributed by atoms with Gasteiger partial charge in [0.15, 0.2) is 0 Å². The van der Waals surface area contributed by atoms with Crippen LogP contribution < -0.4 is 16.4 Å². The molecule has 1 aromatic rings. The molecule has 0 aliphatic heterocycles. The molecule has 6 heteroatoms. The van der Waals surface area contributed by atoms with Crippen molar-refractivity contribution < 1.29 is 9.59 Å². The number of nitrogens with zero attached hydrogens (tertiary/aromatic N) is 1. The van der Waals surface area contributed by atoms with Crippen molar-refractivity contribution in [3.05, 3.63) is 30.1 Å². The monoisotopic (exact) mass is 290 g/mol. The lowest BCUT2D eigenvalue weighted by Gasteiger charge is -2.27. The van der Waals surface area contributed by atoms with E-state index < -0.39 is 11.4 Å². The Morgan fingerprint density at radius 3 is 2.71 bits per heavy atom. The highest BCUT2D eigenvalue weighted by Gasteiger charge is 2.40. The molecule has 0 radical (unpaired) electrons. The maximum absolute atomic E-state index is 12.1. The van der Waals surface area contributed by atoms with E-state index in [2.05, 4.69) is 15.6 Å². The largest absolute Gasteiger partial charge is 0.368 e. The molecule has 1 atom stereocenters. The molecule has 114 valence electrons. The lowest BCUT2D eigenvalue weighted by atomic mass is 9.97. The molecule has 1 aliphatic carbocycles. The molecule has 4 N–H and O–H groups in total. The number of primary amides is 1. The first-order chi connectivity index (χ1) is 10.0. The van der Waals surface area contributed by atoms with Crippen LogP contribution in [-0.2, 0) is 11.2 Å². The van der Waals surface area contributed by atoms with Crippen LogP contribution in [0.5, 0.6) is 0 Å². The molecule has 1 aromatic heterocycles. The number of aromatic nitrogens is 1. The van der Waals surface area contributed by atoms with Crippen LogP contribution in [0.2, 0.25) is 0 Å². The number of urea groups is 1. The van der Waals surface area contributed by atoms with Crippen molar-refractivity contribution in [3.63, 3.8) is 0 Å². The van der Waals surface area contributed by atoms with Gasteiger partial charge >= 0.3 is 6.03 Å². The third-order valence-corrected chi connectivity index (χ3v) is 3.92. The quantitative estimate of drug-likeness (QED) is 0.757. The smallest absolute Gasteiger partial charge is 0.315 e. The first-order valence-corrected chi connectivity index (χ1v) is 7.29. The van der Waals surface area contributed by atoms with Gasteiger partial charge in [-0.05, 0) is 37.8 Å². The van der Waals surface area contributed by atoms with E-state index in [-0.39, 0.29) is 12.1 Å². The number of carbonyl (C=O) groups is 2. The third-order valence-electron chi connectivity index (χ3n) is 3.92. The first kappa shape index (κ1) is 15.3. The fourth-order valence-electron chi connectivity index (χ4n) is 2.81. The molecule has 0 bridgehead atoms. The van der Waals surface area contributed by atoms with Crippen LogP contribution in [0.25, 0.3) is 0 Å². The van der Waals surface area contributed by atoms with Crippen molar-refractivity contribution in [2.45, 2.75) is 50.6 Å². The molecule has 1 fully saturated rings. The van der Waals surface area contributed by atoms with Crippen molar-refractivity contribution in [1.29, 1.82) is 0 Å². The van der Waals surface area contributed by atoms with Crippen LogP contribution in [0.4, 0.5) is 4.79 Å². The van der Waals surface area contributed by atoms with Crippen LogP contribution >= 0.6 is 0 Å². The number of amides is 3. The van der Waals surface area contributed by atoms with E-state index in [1.807, 2.05) is 19.1 Å². The molecule has 1 aliphatic rings. The number of rotatable bonds is 5. The summed E-state index contributed by atoms with van der Waals surface area (Å²) in [6.07, 6.45) is 7.23. The van der Waals surface area contributed by atoms with E-state index in [0.717, 1.165) is 18.4 Å². The van der Waals surface area contributed by atoms with Gasteiger partial charge in [0.05, 0.1) is 0 Å². The molecule has 21 heavy (non-hydrogen) atoms. The minimum absolute atomic E-state index is 0.0551. The maximum atomic E-state index is 12.1. The molecule has 1 heterocycles. The van der Waals surface area contributed by atoms with E-state index in [1.165, 1.54) is 0 Å². The zero-order chi connectivity index (χ0) is 15.3. The zero-order valence-corrected chi connectivity index (χ0v) is 12.3. The van der Waals surface area contributed by atoms with E-state index >= 15 is 0 Å². The van der Waals surface area contributed by atoms with E-state index in [1.54, 1.807) is 12.4 Å². The summed E-state index contributed by atoms with van der Waals surface area (Å²) in [7, 11) is 0. The van der Waals surface area contributed by atoms with Gasteiger partial charge in [0.25, 0.3) is 0 Å². The normalized spacial score (nSPS) is 18.0. The average molecular weight is 290 g/mol. The van der Waals surface area contributed by atoms with E-state index in [0.29, 0.717) is 19.3 Å². The van der Waals surface area contributed by atoms with Gasteiger partial charge in [0, 0.05) is 18.4 Å². The van der Waals surface area contributed by atoms with Crippen molar-refractivity contribution in [3.8, 4) is 0 Å². The lowest BCUT2D eigenvalue weighted by molar-refractivity contribution is -0.123. The molecule has 6 nitrogen and oxygen atoms in total. The Bertz CT molecular complexity index is 498. The molecule has 0 aromatic carbocycles. The molecule has 1 unspecified atom stereocenters. The summed E-state index contributed by atoms with van der Waals surface area (Å²) in [6, 6.07) is 3.43. The summed E-state index contributed by atoms with van der Waals surface area (Å²) >= 11 is 0. The van der Waals surface area contributed by atoms with Gasteiger partial charge in [0.1, 0.15) is 5.54 Å². The Kier molecular flexibility index (Phi) is 4.77. The van der Waals surface area contributed by atoms with Gasteiger partial charge in [-0.3, -0.25) is 9.78 Å². The Morgan fingerprint density at radius 2 is 2.14 bits per heavy atom. The molecule has 1 saturated carbocycles. The Balaban J connectivity index is 1.87. The molecule has 0 spiro atoms. The zero-order valence-electron chi connectivity index (χ0n) is 12.3. The lowest BCUT2D eigenvalue weighted by Crippen LogP contribution is -2.59. The van der Waals surface area contributed by atoms with Gasteiger partial charge in [-0.25, -0.2) is 4.79 Å².